The molecule has 1 rings (SSSR count). The molecule has 0 fully saturated rings. The molecule has 0 bridgehead atoms. The number of halogens is 3. The number of benzene rings is 1. The average Bonchev–Trinajstić information content (AvgIpc) is 2.35. The molecule has 0 heterocycles. The summed E-state index contributed by atoms with van der Waals surface area (Å²) in [6, 6.07) is 4.61. The van der Waals surface area contributed by atoms with Crippen LogP contribution >= 0.6 is 0 Å². The van der Waals surface area contributed by atoms with Crippen molar-refractivity contribution in [2.75, 3.05) is 13.2 Å². The molecule has 0 spiro atoms. The standard InChI is InChI=1S/C13H16F3NO3/c1-12(2,8-18)7-17-11(19)9-3-5-10(6-4-9)20-13(14,15)16/h3-6,18H,7-8H2,1-2H3,(H,17,19). The van der Waals surface area contributed by atoms with Gasteiger partial charge in [0.05, 0.1) is 0 Å². The van der Waals surface area contributed by atoms with E-state index in [9.17, 15) is 18.0 Å². The number of carbonyl (C=O) groups is 1. The molecule has 0 aliphatic rings. The van der Waals surface area contributed by atoms with E-state index in [0.29, 0.717) is 0 Å². The molecular formula is C13H16F3NO3. The molecule has 7 heteroatoms. The van der Waals surface area contributed by atoms with Gasteiger partial charge in [-0.15, -0.1) is 13.2 Å². The second-order valence-corrected chi connectivity index (χ2v) is 5.08. The smallest absolute Gasteiger partial charge is 0.406 e. The summed E-state index contributed by atoms with van der Waals surface area (Å²) in [6.45, 7) is 3.70. The Kier molecular flexibility index (Phi) is 4.99. The number of alkyl halides is 3. The first kappa shape index (κ1) is 16.3. The van der Waals surface area contributed by atoms with Gasteiger partial charge in [0.15, 0.2) is 0 Å². The Hall–Kier alpha value is -1.76. The molecule has 0 radical (unpaired) electrons. The van der Waals surface area contributed by atoms with Gasteiger partial charge in [-0.2, -0.15) is 0 Å². The Balaban J connectivity index is 2.62. The van der Waals surface area contributed by atoms with E-state index in [1.54, 1.807) is 13.8 Å². The highest BCUT2D eigenvalue weighted by Crippen LogP contribution is 2.22. The third-order valence-electron chi connectivity index (χ3n) is 2.51. The third kappa shape index (κ3) is 5.48. The molecule has 0 aliphatic carbocycles. The molecule has 2 N–H and O–H groups in total. The molecule has 0 unspecified atom stereocenters. The van der Waals surface area contributed by atoms with Crippen molar-refractivity contribution in [1.82, 2.24) is 5.32 Å². The summed E-state index contributed by atoms with van der Waals surface area (Å²) in [5, 5.41) is 11.6. The van der Waals surface area contributed by atoms with E-state index in [0.717, 1.165) is 12.1 Å². The van der Waals surface area contributed by atoms with Gasteiger partial charge in [-0.1, -0.05) is 13.8 Å². The van der Waals surface area contributed by atoms with Gasteiger partial charge in [0.25, 0.3) is 5.91 Å². The summed E-state index contributed by atoms with van der Waals surface area (Å²) < 4.78 is 39.6. The van der Waals surface area contributed by atoms with E-state index < -0.39 is 17.7 Å². The first-order valence-corrected chi connectivity index (χ1v) is 5.88. The first-order valence-electron chi connectivity index (χ1n) is 5.88. The van der Waals surface area contributed by atoms with Crippen LogP contribution in [-0.2, 0) is 0 Å². The van der Waals surface area contributed by atoms with Crippen molar-refractivity contribution in [3.8, 4) is 5.75 Å². The van der Waals surface area contributed by atoms with Crippen LogP contribution < -0.4 is 10.1 Å². The summed E-state index contributed by atoms with van der Waals surface area (Å²) >= 11 is 0. The van der Waals surface area contributed by atoms with Crippen LogP contribution in [0.15, 0.2) is 24.3 Å². The van der Waals surface area contributed by atoms with Crippen molar-refractivity contribution < 1.29 is 27.8 Å². The molecule has 112 valence electrons. The lowest BCUT2D eigenvalue weighted by atomic mass is 9.95. The Morgan fingerprint density at radius 2 is 1.80 bits per heavy atom. The predicted octanol–water partition coefficient (Wildman–Crippen LogP) is 2.33. The number of rotatable bonds is 5. The molecule has 0 aliphatic heterocycles. The number of hydrogen-bond donors (Lipinski definition) is 2. The van der Waals surface area contributed by atoms with Crippen LogP contribution in [0.5, 0.6) is 5.75 Å². The Bertz CT molecular complexity index is 455. The zero-order valence-electron chi connectivity index (χ0n) is 11.1. The van der Waals surface area contributed by atoms with E-state index in [2.05, 4.69) is 10.1 Å². The Morgan fingerprint density at radius 1 is 1.25 bits per heavy atom. The molecule has 1 aromatic rings. The second kappa shape index (κ2) is 6.13. The van der Waals surface area contributed by atoms with Crippen LogP contribution in [0.3, 0.4) is 0 Å². The molecule has 20 heavy (non-hydrogen) atoms. The Morgan fingerprint density at radius 3 is 2.25 bits per heavy atom. The SMILES string of the molecule is CC(C)(CO)CNC(=O)c1ccc(OC(F)(F)F)cc1. The van der Waals surface area contributed by atoms with Crippen LogP contribution in [0.2, 0.25) is 0 Å². The van der Waals surface area contributed by atoms with Gasteiger partial charge in [0, 0.05) is 24.1 Å². The van der Waals surface area contributed by atoms with Crippen molar-refractivity contribution in [3.63, 3.8) is 0 Å². The summed E-state index contributed by atoms with van der Waals surface area (Å²) in [7, 11) is 0. The van der Waals surface area contributed by atoms with Gasteiger partial charge in [-0.3, -0.25) is 4.79 Å². The van der Waals surface area contributed by atoms with E-state index >= 15 is 0 Å². The zero-order valence-corrected chi connectivity index (χ0v) is 11.1. The fourth-order valence-corrected chi connectivity index (χ4v) is 1.29. The van der Waals surface area contributed by atoms with Gasteiger partial charge >= 0.3 is 6.36 Å². The van der Waals surface area contributed by atoms with E-state index in [4.69, 9.17) is 5.11 Å². The van der Waals surface area contributed by atoms with Crippen LogP contribution in [0.25, 0.3) is 0 Å². The average molecular weight is 291 g/mol. The normalized spacial score (nSPS) is 12.1. The van der Waals surface area contributed by atoms with Crippen molar-refractivity contribution in [3.05, 3.63) is 29.8 Å². The molecular weight excluding hydrogens is 275 g/mol. The van der Waals surface area contributed by atoms with Gasteiger partial charge in [0.1, 0.15) is 5.75 Å². The minimum absolute atomic E-state index is 0.0916. The quantitative estimate of drug-likeness (QED) is 0.875. The maximum Gasteiger partial charge on any atom is 0.573 e. The van der Waals surface area contributed by atoms with E-state index in [1.807, 2.05) is 0 Å². The maximum absolute atomic E-state index is 12.0. The number of amides is 1. The first-order chi connectivity index (χ1) is 9.13. The topological polar surface area (TPSA) is 58.6 Å². The highest BCUT2D eigenvalue weighted by molar-refractivity contribution is 5.94. The van der Waals surface area contributed by atoms with Crippen molar-refractivity contribution in [2.24, 2.45) is 5.41 Å². The number of aliphatic hydroxyl groups excluding tert-OH is 1. The van der Waals surface area contributed by atoms with E-state index in [1.165, 1.54) is 12.1 Å². The number of aliphatic hydroxyl groups is 1. The monoisotopic (exact) mass is 291 g/mol. The van der Waals surface area contributed by atoms with Crippen molar-refractivity contribution >= 4 is 5.91 Å². The van der Waals surface area contributed by atoms with Gasteiger partial charge in [-0.25, -0.2) is 0 Å². The fourth-order valence-electron chi connectivity index (χ4n) is 1.29. The summed E-state index contributed by atoms with van der Waals surface area (Å²) in [5.74, 6) is -0.810. The minimum atomic E-state index is -4.76. The third-order valence-corrected chi connectivity index (χ3v) is 2.51. The molecule has 0 saturated heterocycles. The molecule has 0 saturated carbocycles. The molecule has 0 atom stereocenters. The second-order valence-electron chi connectivity index (χ2n) is 5.08. The van der Waals surface area contributed by atoms with E-state index in [-0.39, 0.29) is 24.5 Å². The van der Waals surface area contributed by atoms with Crippen LogP contribution in [0.1, 0.15) is 24.2 Å². The van der Waals surface area contributed by atoms with Gasteiger partial charge in [-0.05, 0) is 24.3 Å². The number of ether oxygens (including phenoxy) is 1. The highest BCUT2D eigenvalue weighted by Gasteiger charge is 2.31. The summed E-state index contributed by atoms with van der Waals surface area (Å²) in [6.07, 6.45) is -4.76. The Labute approximate surface area is 114 Å². The van der Waals surface area contributed by atoms with Crippen LogP contribution in [0, 0.1) is 5.41 Å². The summed E-state index contributed by atoms with van der Waals surface area (Å²) in [5.41, 5.74) is -0.247. The predicted molar refractivity (Wildman–Crippen MR) is 66.3 cm³/mol. The van der Waals surface area contributed by atoms with Gasteiger partial charge < -0.3 is 15.2 Å². The van der Waals surface area contributed by atoms with Crippen molar-refractivity contribution in [1.29, 1.82) is 0 Å². The number of hydrogen-bond acceptors (Lipinski definition) is 3. The fraction of sp³-hybridized carbons (Fsp3) is 0.462. The highest BCUT2D eigenvalue weighted by atomic mass is 19.4. The van der Waals surface area contributed by atoms with Gasteiger partial charge in [0.2, 0.25) is 0 Å². The lowest BCUT2D eigenvalue weighted by molar-refractivity contribution is -0.274. The lowest BCUT2D eigenvalue weighted by Crippen LogP contribution is -2.36. The maximum atomic E-state index is 12.0. The number of nitrogens with one attached hydrogen (secondary N) is 1. The summed E-state index contributed by atoms with van der Waals surface area (Å²) in [4.78, 5) is 11.7. The lowest BCUT2D eigenvalue weighted by Gasteiger charge is -2.21. The van der Waals surface area contributed by atoms with Crippen LogP contribution in [0.4, 0.5) is 13.2 Å². The number of carbonyl (C=O) groups excluding carboxylic acids is 1. The largest absolute Gasteiger partial charge is 0.573 e. The molecule has 0 aromatic heterocycles. The minimum Gasteiger partial charge on any atom is -0.406 e. The molecule has 1 aromatic carbocycles. The van der Waals surface area contributed by atoms with Crippen LogP contribution in [-0.4, -0.2) is 30.5 Å². The molecule has 4 nitrogen and oxygen atoms in total. The molecule has 1 amide bonds. The zero-order chi connectivity index (χ0) is 15.4. The van der Waals surface area contributed by atoms with Crippen molar-refractivity contribution in [2.45, 2.75) is 20.2 Å².